The highest BCUT2D eigenvalue weighted by Gasteiger charge is 2.34. The van der Waals surface area contributed by atoms with E-state index in [9.17, 15) is 21.6 Å². The molecule has 1 aromatic heterocycles. The van der Waals surface area contributed by atoms with Crippen molar-refractivity contribution in [1.82, 2.24) is 4.98 Å². The summed E-state index contributed by atoms with van der Waals surface area (Å²) in [5.41, 5.74) is -0.908. The van der Waals surface area contributed by atoms with Gasteiger partial charge in [-0.15, -0.1) is 11.8 Å². The van der Waals surface area contributed by atoms with Crippen LogP contribution in [0.2, 0.25) is 0 Å². The topological polar surface area (TPSA) is 47.0 Å². The third-order valence-corrected chi connectivity index (χ3v) is 4.54. The standard InChI is InChI=1S/C8H6BrClF3NO2S2/c9-5-3-6(8(11,12)13)7(14-4-5)17-1-2-18(10,15)16/h3-4H,1-2H2. The highest BCUT2D eigenvalue weighted by atomic mass is 79.9. The van der Waals surface area contributed by atoms with E-state index < -0.39 is 26.5 Å². The summed E-state index contributed by atoms with van der Waals surface area (Å²) in [7, 11) is 1.25. The molecule has 0 aromatic carbocycles. The molecule has 0 amide bonds. The number of aromatic nitrogens is 1. The quantitative estimate of drug-likeness (QED) is 0.589. The van der Waals surface area contributed by atoms with Crippen LogP contribution in [0.5, 0.6) is 0 Å². The summed E-state index contributed by atoms with van der Waals surface area (Å²) in [6.45, 7) is 0. The number of hydrogen-bond acceptors (Lipinski definition) is 4. The van der Waals surface area contributed by atoms with Crippen LogP contribution in [0, 0.1) is 0 Å². The minimum absolute atomic E-state index is 0.0937. The van der Waals surface area contributed by atoms with Gasteiger partial charge < -0.3 is 0 Å². The second kappa shape index (κ2) is 5.98. The minimum atomic E-state index is -4.54. The maximum atomic E-state index is 12.7. The van der Waals surface area contributed by atoms with Crippen LogP contribution in [0.4, 0.5) is 13.2 Å². The molecule has 0 bridgehead atoms. The summed E-state index contributed by atoms with van der Waals surface area (Å²) in [6, 6.07) is 0.893. The van der Waals surface area contributed by atoms with Crippen molar-refractivity contribution >= 4 is 47.4 Å². The Morgan fingerprint density at radius 3 is 2.56 bits per heavy atom. The van der Waals surface area contributed by atoms with Gasteiger partial charge in [-0.2, -0.15) is 13.2 Å². The van der Waals surface area contributed by atoms with Crippen molar-refractivity contribution in [2.45, 2.75) is 11.2 Å². The molecule has 0 atom stereocenters. The monoisotopic (exact) mass is 383 g/mol. The van der Waals surface area contributed by atoms with E-state index in [2.05, 4.69) is 20.9 Å². The van der Waals surface area contributed by atoms with Crippen molar-refractivity contribution in [3.63, 3.8) is 0 Å². The van der Waals surface area contributed by atoms with Crippen molar-refractivity contribution < 1.29 is 21.6 Å². The van der Waals surface area contributed by atoms with Gasteiger partial charge in [0.15, 0.2) is 0 Å². The fraction of sp³-hybridized carbons (Fsp3) is 0.375. The molecule has 0 radical (unpaired) electrons. The van der Waals surface area contributed by atoms with Gasteiger partial charge >= 0.3 is 6.18 Å². The fourth-order valence-electron chi connectivity index (χ4n) is 0.983. The molecule has 0 aliphatic rings. The van der Waals surface area contributed by atoms with Crippen LogP contribution >= 0.6 is 38.4 Å². The fourth-order valence-corrected chi connectivity index (χ4v) is 3.66. The number of pyridine rings is 1. The molecule has 0 spiro atoms. The van der Waals surface area contributed by atoms with Crippen LogP contribution in [0.15, 0.2) is 21.8 Å². The average Bonchev–Trinajstić information content (AvgIpc) is 2.17. The lowest BCUT2D eigenvalue weighted by Gasteiger charge is -2.11. The zero-order chi connectivity index (χ0) is 14.0. The van der Waals surface area contributed by atoms with Gasteiger partial charge in [0, 0.05) is 27.1 Å². The van der Waals surface area contributed by atoms with Crippen molar-refractivity contribution in [2.75, 3.05) is 11.5 Å². The summed E-state index contributed by atoms with van der Waals surface area (Å²) >= 11 is 3.59. The molecular weight excluding hydrogens is 379 g/mol. The lowest BCUT2D eigenvalue weighted by atomic mass is 10.3. The van der Waals surface area contributed by atoms with Gasteiger partial charge in [0.2, 0.25) is 9.05 Å². The van der Waals surface area contributed by atoms with E-state index in [1.807, 2.05) is 0 Å². The predicted molar refractivity (Wildman–Crippen MR) is 67.3 cm³/mol. The Balaban J connectivity index is 2.89. The normalized spacial score (nSPS) is 12.7. The Bertz CT molecular complexity index is 536. The molecule has 3 nitrogen and oxygen atoms in total. The van der Waals surface area contributed by atoms with Gasteiger partial charge in [0.25, 0.3) is 0 Å². The zero-order valence-electron chi connectivity index (χ0n) is 8.54. The molecule has 10 heteroatoms. The second-order valence-corrected chi connectivity index (χ2v) is 7.99. The molecule has 0 aliphatic heterocycles. The number of thioether (sulfide) groups is 1. The van der Waals surface area contributed by atoms with Crippen LogP contribution < -0.4 is 0 Å². The summed E-state index contributed by atoms with van der Waals surface area (Å²) in [4.78, 5) is 3.62. The van der Waals surface area contributed by atoms with Gasteiger partial charge in [-0.05, 0) is 22.0 Å². The molecule has 1 rings (SSSR count). The minimum Gasteiger partial charge on any atom is -0.248 e. The third-order valence-electron chi connectivity index (χ3n) is 1.69. The average molecular weight is 385 g/mol. The Kier molecular flexibility index (Phi) is 5.33. The molecule has 18 heavy (non-hydrogen) atoms. The van der Waals surface area contributed by atoms with Crippen LogP contribution in [0.3, 0.4) is 0 Å². The van der Waals surface area contributed by atoms with E-state index in [1.54, 1.807) is 0 Å². The predicted octanol–water partition coefficient (Wildman–Crippen LogP) is 3.52. The molecule has 1 heterocycles. The van der Waals surface area contributed by atoms with Gasteiger partial charge in [-0.25, -0.2) is 13.4 Å². The first-order valence-corrected chi connectivity index (χ1v) is 8.63. The van der Waals surface area contributed by atoms with E-state index in [-0.39, 0.29) is 15.3 Å². The Labute approximate surface area is 119 Å². The van der Waals surface area contributed by atoms with E-state index in [4.69, 9.17) is 10.7 Å². The van der Waals surface area contributed by atoms with Gasteiger partial charge in [0.1, 0.15) is 5.03 Å². The van der Waals surface area contributed by atoms with Crippen molar-refractivity contribution in [1.29, 1.82) is 0 Å². The highest BCUT2D eigenvalue weighted by Crippen LogP contribution is 2.36. The first kappa shape index (κ1) is 16.1. The van der Waals surface area contributed by atoms with Crippen LogP contribution in [0.25, 0.3) is 0 Å². The van der Waals surface area contributed by atoms with E-state index in [1.165, 1.54) is 6.20 Å². The van der Waals surface area contributed by atoms with E-state index >= 15 is 0 Å². The van der Waals surface area contributed by atoms with Crippen LogP contribution in [-0.4, -0.2) is 24.9 Å². The first-order chi connectivity index (χ1) is 8.09. The summed E-state index contributed by atoms with van der Waals surface area (Å²) < 4.78 is 59.5. The largest absolute Gasteiger partial charge is 0.419 e. The van der Waals surface area contributed by atoms with Gasteiger partial charge in [0.05, 0.1) is 11.3 Å². The molecule has 0 aliphatic carbocycles. The number of alkyl halides is 3. The van der Waals surface area contributed by atoms with Gasteiger partial charge in [-0.1, -0.05) is 0 Å². The van der Waals surface area contributed by atoms with E-state index in [0.29, 0.717) is 11.8 Å². The maximum absolute atomic E-state index is 12.7. The Morgan fingerprint density at radius 1 is 1.44 bits per heavy atom. The van der Waals surface area contributed by atoms with Crippen LogP contribution in [-0.2, 0) is 15.2 Å². The van der Waals surface area contributed by atoms with Gasteiger partial charge in [-0.3, -0.25) is 0 Å². The molecule has 0 saturated heterocycles. The van der Waals surface area contributed by atoms with Crippen molar-refractivity contribution in [2.24, 2.45) is 0 Å². The van der Waals surface area contributed by atoms with Crippen molar-refractivity contribution in [3.8, 4) is 0 Å². The number of hydrogen-bond donors (Lipinski definition) is 0. The Hall–Kier alpha value is 0.01000. The molecule has 0 N–H and O–H groups in total. The summed E-state index contributed by atoms with van der Waals surface area (Å²) in [5, 5.41) is -0.272. The molecular formula is C8H6BrClF3NO2S2. The maximum Gasteiger partial charge on any atom is 0.419 e. The molecule has 1 aromatic rings. The number of halogens is 5. The molecule has 0 unspecified atom stereocenters. The second-order valence-electron chi connectivity index (χ2n) is 3.10. The summed E-state index contributed by atoms with van der Waals surface area (Å²) in [5.74, 6) is -0.516. The Morgan fingerprint density at radius 2 is 2.06 bits per heavy atom. The lowest BCUT2D eigenvalue weighted by molar-refractivity contribution is -0.140. The highest BCUT2D eigenvalue weighted by molar-refractivity contribution is 9.10. The first-order valence-electron chi connectivity index (χ1n) is 4.37. The molecule has 0 saturated carbocycles. The molecule has 0 fully saturated rings. The number of nitrogens with zero attached hydrogens (tertiary/aromatic N) is 1. The smallest absolute Gasteiger partial charge is 0.248 e. The molecule has 102 valence electrons. The van der Waals surface area contributed by atoms with Crippen LogP contribution in [0.1, 0.15) is 5.56 Å². The third kappa shape index (κ3) is 5.33. The summed E-state index contributed by atoms with van der Waals surface area (Å²) in [6.07, 6.45) is -3.33. The lowest BCUT2D eigenvalue weighted by Crippen LogP contribution is -2.09. The number of rotatable bonds is 4. The van der Waals surface area contributed by atoms with E-state index in [0.717, 1.165) is 6.07 Å². The van der Waals surface area contributed by atoms with Crippen molar-refractivity contribution in [3.05, 3.63) is 22.3 Å². The zero-order valence-corrected chi connectivity index (χ0v) is 12.5. The SMILES string of the molecule is O=S(=O)(Cl)CCSc1ncc(Br)cc1C(F)(F)F.